The maximum Gasteiger partial charge on any atom is 0.197 e. The number of halogens is 1. The lowest BCUT2D eigenvalue weighted by Crippen LogP contribution is -2.11. The van der Waals surface area contributed by atoms with Crippen molar-refractivity contribution in [2.75, 3.05) is 13.7 Å². The first-order valence-corrected chi connectivity index (χ1v) is 6.79. The molecule has 0 bridgehead atoms. The van der Waals surface area contributed by atoms with E-state index in [-0.39, 0.29) is 5.41 Å². The van der Waals surface area contributed by atoms with E-state index in [1.54, 1.807) is 7.11 Å². The number of aromatic nitrogens is 1. The van der Waals surface area contributed by atoms with Gasteiger partial charge >= 0.3 is 0 Å². The summed E-state index contributed by atoms with van der Waals surface area (Å²) in [4.78, 5) is 4.51. The average molecular weight is 312 g/mol. The summed E-state index contributed by atoms with van der Waals surface area (Å²) in [7, 11) is 1.68. The maximum atomic E-state index is 5.87. The Kier molecular flexibility index (Phi) is 3.78. The number of hydrogen-bond donors (Lipinski definition) is 0. The number of methoxy groups -OCH3 is 1. The number of ether oxygens (including phenoxy) is 1. The quantitative estimate of drug-likeness (QED) is 0.857. The van der Waals surface area contributed by atoms with E-state index in [1.165, 1.54) is 5.56 Å². The third kappa shape index (κ3) is 2.75. The average Bonchev–Trinajstić information content (AvgIpc) is 2.66. The first kappa shape index (κ1) is 13.6. The lowest BCUT2D eigenvalue weighted by atomic mass is 9.86. The van der Waals surface area contributed by atoms with Gasteiger partial charge in [-0.05, 0) is 17.5 Å². The van der Waals surface area contributed by atoms with E-state index in [0.29, 0.717) is 13.0 Å². The molecule has 4 heteroatoms. The van der Waals surface area contributed by atoms with Crippen molar-refractivity contribution >= 4 is 27.0 Å². The predicted octanol–water partition coefficient (Wildman–Crippen LogP) is 4.08. The number of oxazole rings is 1. The summed E-state index contributed by atoms with van der Waals surface area (Å²) in [5.41, 5.74) is 2.99. The van der Waals surface area contributed by atoms with E-state index in [1.807, 2.05) is 6.07 Å². The van der Waals surface area contributed by atoms with Crippen molar-refractivity contribution in [3.8, 4) is 0 Å². The van der Waals surface area contributed by atoms with Gasteiger partial charge in [0.1, 0.15) is 5.52 Å². The van der Waals surface area contributed by atoms with E-state index >= 15 is 0 Å². The Morgan fingerprint density at radius 1 is 1.33 bits per heavy atom. The van der Waals surface area contributed by atoms with Crippen LogP contribution in [-0.2, 0) is 16.6 Å². The van der Waals surface area contributed by atoms with Crippen LogP contribution in [0, 0.1) is 0 Å². The van der Waals surface area contributed by atoms with Crippen LogP contribution < -0.4 is 0 Å². The highest BCUT2D eigenvalue weighted by Gasteiger charge is 2.21. The molecule has 18 heavy (non-hydrogen) atoms. The molecule has 3 nitrogen and oxygen atoms in total. The number of rotatable bonds is 3. The van der Waals surface area contributed by atoms with Gasteiger partial charge in [0.2, 0.25) is 0 Å². The standard InChI is InChI=1S/C14H18BrNO2/c1-14(2,3)10-7-9(15)8-11-13(10)18-12(16-11)5-6-17-4/h7-8H,5-6H2,1-4H3. The van der Waals surface area contributed by atoms with Gasteiger partial charge in [-0.3, -0.25) is 0 Å². The number of benzene rings is 1. The Labute approximate surface area is 116 Å². The zero-order valence-electron chi connectivity index (χ0n) is 11.2. The molecule has 98 valence electrons. The summed E-state index contributed by atoms with van der Waals surface area (Å²) >= 11 is 3.53. The molecule has 1 heterocycles. The highest BCUT2D eigenvalue weighted by molar-refractivity contribution is 9.10. The molecule has 0 aliphatic heterocycles. The number of nitrogens with zero attached hydrogens (tertiary/aromatic N) is 1. The van der Waals surface area contributed by atoms with Crippen LogP contribution in [0.2, 0.25) is 0 Å². The summed E-state index contributed by atoms with van der Waals surface area (Å²) in [6, 6.07) is 4.10. The molecule has 0 saturated carbocycles. The van der Waals surface area contributed by atoms with Crippen molar-refractivity contribution in [2.24, 2.45) is 0 Å². The highest BCUT2D eigenvalue weighted by Crippen LogP contribution is 2.33. The molecule has 1 aromatic carbocycles. The SMILES string of the molecule is COCCc1nc2cc(Br)cc(C(C)(C)C)c2o1. The van der Waals surface area contributed by atoms with Gasteiger partial charge in [-0.25, -0.2) is 4.98 Å². The molecule has 0 saturated heterocycles. The predicted molar refractivity (Wildman–Crippen MR) is 76.0 cm³/mol. The number of hydrogen-bond acceptors (Lipinski definition) is 3. The molecular weight excluding hydrogens is 294 g/mol. The Balaban J connectivity index is 2.53. The van der Waals surface area contributed by atoms with Crippen molar-refractivity contribution < 1.29 is 9.15 Å². The molecule has 0 unspecified atom stereocenters. The summed E-state index contributed by atoms with van der Waals surface area (Å²) < 4.78 is 12.0. The maximum absolute atomic E-state index is 5.87. The van der Waals surface area contributed by atoms with Gasteiger partial charge in [-0.1, -0.05) is 36.7 Å². The fraction of sp³-hybridized carbons (Fsp3) is 0.500. The molecule has 0 N–H and O–H groups in total. The zero-order chi connectivity index (χ0) is 13.3. The Bertz CT molecular complexity index is 555. The molecule has 0 aliphatic carbocycles. The fourth-order valence-electron chi connectivity index (χ4n) is 1.90. The smallest absolute Gasteiger partial charge is 0.197 e. The van der Waals surface area contributed by atoms with E-state index < -0.39 is 0 Å². The van der Waals surface area contributed by atoms with Gasteiger partial charge in [-0.2, -0.15) is 0 Å². The van der Waals surface area contributed by atoms with Crippen LogP contribution >= 0.6 is 15.9 Å². The van der Waals surface area contributed by atoms with Gasteiger partial charge < -0.3 is 9.15 Å². The molecule has 2 aromatic rings. The highest BCUT2D eigenvalue weighted by atomic mass is 79.9. The van der Waals surface area contributed by atoms with Crippen molar-refractivity contribution in [1.82, 2.24) is 4.98 Å². The van der Waals surface area contributed by atoms with Crippen LogP contribution in [0.5, 0.6) is 0 Å². The van der Waals surface area contributed by atoms with Crippen molar-refractivity contribution in [1.29, 1.82) is 0 Å². The topological polar surface area (TPSA) is 35.3 Å². The summed E-state index contributed by atoms with van der Waals surface area (Å²) in [6.45, 7) is 7.14. The Morgan fingerprint density at radius 2 is 2.06 bits per heavy atom. The fourth-order valence-corrected chi connectivity index (χ4v) is 2.34. The van der Waals surface area contributed by atoms with Crippen LogP contribution in [0.1, 0.15) is 32.2 Å². The Morgan fingerprint density at radius 3 is 2.67 bits per heavy atom. The van der Waals surface area contributed by atoms with Gasteiger partial charge in [-0.15, -0.1) is 0 Å². The van der Waals surface area contributed by atoms with Crippen molar-refractivity contribution in [3.63, 3.8) is 0 Å². The largest absolute Gasteiger partial charge is 0.440 e. The van der Waals surface area contributed by atoms with Gasteiger partial charge in [0.05, 0.1) is 6.61 Å². The van der Waals surface area contributed by atoms with Crippen LogP contribution in [-0.4, -0.2) is 18.7 Å². The van der Waals surface area contributed by atoms with E-state index in [2.05, 4.69) is 47.8 Å². The lowest BCUT2D eigenvalue weighted by molar-refractivity contribution is 0.195. The molecule has 0 atom stereocenters. The third-order valence-corrected chi connectivity index (χ3v) is 3.29. The van der Waals surface area contributed by atoms with Crippen molar-refractivity contribution in [2.45, 2.75) is 32.6 Å². The summed E-state index contributed by atoms with van der Waals surface area (Å²) in [5.74, 6) is 0.732. The van der Waals surface area contributed by atoms with E-state index in [0.717, 1.165) is 21.5 Å². The summed E-state index contributed by atoms with van der Waals surface area (Å²) in [6.07, 6.45) is 0.701. The second kappa shape index (κ2) is 5.02. The second-order valence-corrected chi connectivity index (χ2v) is 6.32. The molecule has 1 aromatic heterocycles. The molecule has 0 amide bonds. The third-order valence-electron chi connectivity index (χ3n) is 2.83. The molecule has 0 aliphatic rings. The first-order chi connectivity index (χ1) is 8.41. The normalized spacial score (nSPS) is 12.3. The minimum atomic E-state index is 0.0279. The second-order valence-electron chi connectivity index (χ2n) is 5.40. The first-order valence-electron chi connectivity index (χ1n) is 6.00. The Hall–Kier alpha value is -0.870. The summed E-state index contributed by atoms with van der Waals surface area (Å²) in [5, 5.41) is 0. The minimum absolute atomic E-state index is 0.0279. The zero-order valence-corrected chi connectivity index (χ0v) is 12.8. The molecule has 2 rings (SSSR count). The van der Waals surface area contributed by atoms with Gasteiger partial charge in [0, 0.05) is 23.6 Å². The molecule has 0 fully saturated rings. The minimum Gasteiger partial charge on any atom is -0.440 e. The molecule has 0 radical (unpaired) electrons. The van der Waals surface area contributed by atoms with E-state index in [4.69, 9.17) is 9.15 Å². The van der Waals surface area contributed by atoms with Crippen LogP contribution in [0.25, 0.3) is 11.1 Å². The van der Waals surface area contributed by atoms with Gasteiger partial charge in [0.25, 0.3) is 0 Å². The van der Waals surface area contributed by atoms with Crippen LogP contribution in [0.3, 0.4) is 0 Å². The molecule has 0 spiro atoms. The van der Waals surface area contributed by atoms with Crippen LogP contribution in [0.15, 0.2) is 21.0 Å². The van der Waals surface area contributed by atoms with Crippen molar-refractivity contribution in [3.05, 3.63) is 28.1 Å². The van der Waals surface area contributed by atoms with Crippen LogP contribution in [0.4, 0.5) is 0 Å². The lowest BCUT2D eigenvalue weighted by Gasteiger charge is -2.19. The monoisotopic (exact) mass is 311 g/mol. The molecular formula is C14H18BrNO2. The van der Waals surface area contributed by atoms with E-state index in [9.17, 15) is 0 Å². The number of fused-ring (bicyclic) bond motifs is 1. The van der Waals surface area contributed by atoms with Gasteiger partial charge in [0.15, 0.2) is 11.5 Å².